The quantitative estimate of drug-likeness (QED) is 0.890. The molecule has 0 bridgehead atoms. The zero-order valence-electron chi connectivity index (χ0n) is 10.7. The number of hydrogen-bond acceptors (Lipinski definition) is 2. The van der Waals surface area contributed by atoms with Crippen LogP contribution in [0.1, 0.15) is 18.4 Å². The molecule has 1 amide bonds. The first-order chi connectivity index (χ1) is 9.15. The first-order valence-electron chi connectivity index (χ1n) is 6.56. The van der Waals surface area contributed by atoms with Crippen molar-refractivity contribution in [2.75, 3.05) is 19.6 Å². The van der Waals surface area contributed by atoms with E-state index < -0.39 is 0 Å². The van der Waals surface area contributed by atoms with Gasteiger partial charge in [-0.15, -0.1) is 0 Å². The van der Waals surface area contributed by atoms with Crippen LogP contribution >= 0.6 is 15.9 Å². The number of halogens is 2. The summed E-state index contributed by atoms with van der Waals surface area (Å²) in [7, 11) is 0. The second-order valence-electron chi connectivity index (χ2n) is 4.94. The topological polar surface area (TPSA) is 41.1 Å². The number of carbonyl (C=O) groups excluding carboxylic acids is 1. The Morgan fingerprint density at radius 1 is 1.53 bits per heavy atom. The summed E-state index contributed by atoms with van der Waals surface area (Å²) in [4.78, 5) is 11.8. The van der Waals surface area contributed by atoms with E-state index in [1.807, 2.05) is 0 Å². The highest BCUT2D eigenvalue weighted by Gasteiger charge is 2.14. The maximum absolute atomic E-state index is 13.1. The van der Waals surface area contributed by atoms with E-state index in [1.165, 1.54) is 12.5 Å². The minimum atomic E-state index is -0.308. The molecule has 104 valence electrons. The van der Waals surface area contributed by atoms with Gasteiger partial charge in [-0.1, -0.05) is 6.07 Å². The van der Waals surface area contributed by atoms with Crippen LogP contribution in [0.2, 0.25) is 0 Å². The highest BCUT2D eigenvalue weighted by Crippen LogP contribution is 2.17. The molecule has 1 aromatic rings. The fourth-order valence-corrected chi connectivity index (χ4v) is 2.68. The largest absolute Gasteiger partial charge is 0.355 e. The zero-order chi connectivity index (χ0) is 13.7. The Morgan fingerprint density at radius 3 is 3.05 bits per heavy atom. The average Bonchev–Trinajstić information content (AvgIpc) is 2.42. The van der Waals surface area contributed by atoms with Crippen LogP contribution in [-0.2, 0) is 11.2 Å². The van der Waals surface area contributed by atoms with Gasteiger partial charge in [0.1, 0.15) is 5.82 Å². The predicted octanol–water partition coefficient (Wildman–Crippen LogP) is 2.25. The molecular formula is C14H18BrFN2O. The summed E-state index contributed by atoms with van der Waals surface area (Å²) >= 11 is 3.12. The lowest BCUT2D eigenvalue weighted by Gasteiger charge is -2.22. The number of nitrogens with one attached hydrogen (secondary N) is 2. The normalized spacial score (nSPS) is 19.2. The van der Waals surface area contributed by atoms with E-state index in [2.05, 4.69) is 26.6 Å². The molecule has 19 heavy (non-hydrogen) atoms. The van der Waals surface area contributed by atoms with Crippen molar-refractivity contribution in [3.05, 3.63) is 34.1 Å². The highest BCUT2D eigenvalue weighted by atomic mass is 79.9. The van der Waals surface area contributed by atoms with Gasteiger partial charge in [-0.05, 0) is 65.5 Å². The molecule has 2 N–H and O–H groups in total. The number of amides is 1. The maximum Gasteiger partial charge on any atom is 0.224 e. The lowest BCUT2D eigenvalue weighted by Crippen LogP contribution is -2.38. The molecule has 3 nitrogen and oxygen atoms in total. The van der Waals surface area contributed by atoms with E-state index in [0.717, 1.165) is 25.1 Å². The number of hydrogen-bond donors (Lipinski definition) is 2. The molecule has 1 atom stereocenters. The van der Waals surface area contributed by atoms with Gasteiger partial charge in [0.05, 0.1) is 10.9 Å². The molecule has 1 aliphatic heterocycles. The molecule has 1 heterocycles. The standard InChI is InChI=1S/C14H18BrFN2O/c15-12-6-10(3-4-13(12)16)7-14(19)18-9-11-2-1-5-17-8-11/h3-4,6,11,17H,1-2,5,7-9H2,(H,18,19). The second-order valence-corrected chi connectivity index (χ2v) is 5.80. The fourth-order valence-electron chi connectivity index (χ4n) is 2.25. The van der Waals surface area contributed by atoms with Crippen molar-refractivity contribution in [3.63, 3.8) is 0 Å². The molecule has 0 aromatic heterocycles. The van der Waals surface area contributed by atoms with Crippen molar-refractivity contribution in [2.45, 2.75) is 19.3 Å². The van der Waals surface area contributed by atoms with E-state index >= 15 is 0 Å². The average molecular weight is 329 g/mol. The van der Waals surface area contributed by atoms with Crippen LogP contribution < -0.4 is 10.6 Å². The van der Waals surface area contributed by atoms with Crippen molar-refractivity contribution < 1.29 is 9.18 Å². The van der Waals surface area contributed by atoms with Crippen molar-refractivity contribution in [1.82, 2.24) is 10.6 Å². The van der Waals surface area contributed by atoms with Gasteiger partial charge in [-0.3, -0.25) is 4.79 Å². The van der Waals surface area contributed by atoms with Gasteiger partial charge >= 0.3 is 0 Å². The molecule has 1 unspecified atom stereocenters. The smallest absolute Gasteiger partial charge is 0.224 e. The molecule has 0 aliphatic carbocycles. The van der Waals surface area contributed by atoms with Gasteiger partial charge in [0.15, 0.2) is 0 Å². The van der Waals surface area contributed by atoms with Crippen molar-refractivity contribution in [3.8, 4) is 0 Å². The lowest BCUT2D eigenvalue weighted by atomic mass is 10.00. The number of benzene rings is 1. The molecular weight excluding hydrogens is 311 g/mol. The van der Waals surface area contributed by atoms with Crippen LogP contribution in [-0.4, -0.2) is 25.5 Å². The van der Waals surface area contributed by atoms with E-state index in [9.17, 15) is 9.18 Å². The van der Waals surface area contributed by atoms with Crippen LogP contribution in [0.5, 0.6) is 0 Å². The van der Waals surface area contributed by atoms with Crippen molar-refractivity contribution >= 4 is 21.8 Å². The molecule has 5 heteroatoms. The van der Waals surface area contributed by atoms with Gasteiger partial charge in [0.25, 0.3) is 0 Å². The van der Waals surface area contributed by atoms with E-state index in [4.69, 9.17) is 0 Å². The maximum atomic E-state index is 13.1. The van der Waals surface area contributed by atoms with Gasteiger partial charge in [-0.25, -0.2) is 4.39 Å². The summed E-state index contributed by atoms with van der Waals surface area (Å²) in [6.07, 6.45) is 2.62. The summed E-state index contributed by atoms with van der Waals surface area (Å²) in [6, 6.07) is 4.66. The third kappa shape index (κ3) is 4.58. The fraction of sp³-hybridized carbons (Fsp3) is 0.500. The highest BCUT2D eigenvalue weighted by molar-refractivity contribution is 9.10. The third-order valence-electron chi connectivity index (χ3n) is 3.34. The summed E-state index contributed by atoms with van der Waals surface area (Å²) in [5, 5.41) is 6.27. The van der Waals surface area contributed by atoms with Gasteiger partial charge < -0.3 is 10.6 Å². The van der Waals surface area contributed by atoms with Crippen LogP contribution in [0.25, 0.3) is 0 Å². The van der Waals surface area contributed by atoms with Gasteiger partial charge in [0.2, 0.25) is 5.91 Å². The number of carbonyl (C=O) groups is 1. The Hall–Kier alpha value is -0.940. The molecule has 0 saturated carbocycles. The van der Waals surface area contributed by atoms with E-state index in [-0.39, 0.29) is 11.7 Å². The van der Waals surface area contributed by atoms with Gasteiger partial charge in [0, 0.05) is 6.54 Å². The molecule has 1 aliphatic rings. The summed E-state index contributed by atoms with van der Waals surface area (Å²) in [5.41, 5.74) is 0.813. The molecule has 0 spiro atoms. The molecule has 1 aromatic carbocycles. The van der Waals surface area contributed by atoms with Crippen molar-refractivity contribution in [1.29, 1.82) is 0 Å². The Balaban J connectivity index is 1.78. The predicted molar refractivity (Wildman–Crippen MR) is 76.4 cm³/mol. The molecule has 2 rings (SSSR count). The van der Waals surface area contributed by atoms with Crippen LogP contribution in [0, 0.1) is 11.7 Å². The summed E-state index contributed by atoms with van der Waals surface area (Å²) in [5.74, 6) is 0.208. The minimum absolute atomic E-state index is 0.0101. The Morgan fingerprint density at radius 2 is 2.37 bits per heavy atom. The zero-order valence-corrected chi connectivity index (χ0v) is 12.3. The first kappa shape index (κ1) is 14.5. The second kappa shape index (κ2) is 7.01. The van der Waals surface area contributed by atoms with Crippen molar-refractivity contribution in [2.24, 2.45) is 5.92 Å². The molecule has 1 fully saturated rings. The minimum Gasteiger partial charge on any atom is -0.355 e. The van der Waals surface area contributed by atoms with Crippen LogP contribution in [0.4, 0.5) is 4.39 Å². The number of rotatable bonds is 4. The first-order valence-corrected chi connectivity index (χ1v) is 7.36. The van der Waals surface area contributed by atoms with Crippen LogP contribution in [0.15, 0.2) is 22.7 Å². The Labute approximate surface area is 121 Å². The SMILES string of the molecule is O=C(Cc1ccc(F)c(Br)c1)NCC1CCCNC1. The summed E-state index contributed by atoms with van der Waals surface area (Å²) < 4.78 is 13.5. The third-order valence-corrected chi connectivity index (χ3v) is 3.94. The summed E-state index contributed by atoms with van der Waals surface area (Å²) in [6.45, 7) is 2.77. The van der Waals surface area contributed by atoms with E-state index in [1.54, 1.807) is 12.1 Å². The van der Waals surface area contributed by atoms with E-state index in [0.29, 0.717) is 23.4 Å². The monoisotopic (exact) mass is 328 g/mol. The molecule has 1 saturated heterocycles. The lowest BCUT2D eigenvalue weighted by molar-refractivity contribution is -0.120. The number of piperidine rings is 1. The Bertz CT molecular complexity index is 447. The van der Waals surface area contributed by atoms with Gasteiger partial charge in [-0.2, -0.15) is 0 Å². The molecule has 0 radical (unpaired) electrons. The van der Waals surface area contributed by atoms with Crippen LogP contribution in [0.3, 0.4) is 0 Å². The Kier molecular flexibility index (Phi) is 5.34.